The van der Waals surface area contributed by atoms with Crippen LogP contribution in [0.5, 0.6) is 0 Å². The number of furan rings is 1. The second-order valence-electron chi connectivity index (χ2n) is 6.88. The summed E-state index contributed by atoms with van der Waals surface area (Å²) in [5.41, 5.74) is 1.18. The Kier molecular flexibility index (Phi) is 6.15. The van der Waals surface area contributed by atoms with E-state index in [2.05, 4.69) is 5.32 Å². The number of anilines is 1. The molecule has 0 atom stereocenters. The van der Waals surface area contributed by atoms with Crippen molar-refractivity contribution in [2.75, 3.05) is 5.32 Å². The highest BCUT2D eigenvalue weighted by Gasteiger charge is 2.14. The van der Waals surface area contributed by atoms with Crippen LogP contribution in [0.4, 0.5) is 5.69 Å². The minimum absolute atomic E-state index is 0.0658. The van der Waals surface area contributed by atoms with Gasteiger partial charge < -0.3 is 18.9 Å². The van der Waals surface area contributed by atoms with E-state index in [1.165, 1.54) is 26.0 Å². The molecule has 0 fully saturated rings. The molecule has 1 amide bonds. The molecule has 0 aliphatic carbocycles. The maximum atomic E-state index is 12.1. The van der Waals surface area contributed by atoms with Gasteiger partial charge in [-0.1, -0.05) is 0 Å². The second-order valence-corrected chi connectivity index (χ2v) is 6.88. The Morgan fingerprint density at radius 2 is 1.83 bits per heavy atom. The molecule has 0 bridgehead atoms. The van der Waals surface area contributed by atoms with Gasteiger partial charge in [0.15, 0.2) is 5.78 Å². The first-order valence-electron chi connectivity index (χ1n) is 9.33. The minimum Gasteiger partial charge on any atom is -0.466 e. The molecule has 0 aliphatic rings. The van der Waals surface area contributed by atoms with Crippen molar-refractivity contribution in [3.63, 3.8) is 0 Å². The van der Waals surface area contributed by atoms with Crippen LogP contribution in [0.25, 0.3) is 11.0 Å². The van der Waals surface area contributed by atoms with Gasteiger partial charge >= 0.3 is 11.6 Å². The fraction of sp³-hybridized carbons (Fsp3) is 0.273. The van der Waals surface area contributed by atoms with Gasteiger partial charge in [0.1, 0.15) is 23.7 Å². The van der Waals surface area contributed by atoms with Crippen molar-refractivity contribution < 1.29 is 28.0 Å². The van der Waals surface area contributed by atoms with E-state index in [1.807, 2.05) is 0 Å². The van der Waals surface area contributed by atoms with Crippen molar-refractivity contribution in [1.29, 1.82) is 0 Å². The SMILES string of the molecule is CC(=O)Nc1ccc2c(COC(=O)CCc3cc(C(C)=O)c(C)o3)cc(=O)oc2c1. The maximum Gasteiger partial charge on any atom is 0.336 e. The standard InChI is InChI=1S/C22H21NO7/c1-12(24)19-10-17(29-13(19)2)5-7-21(26)28-11-15-8-22(27)30-20-9-16(23-14(3)25)4-6-18(15)20/h4,6,8-10H,5,7,11H2,1-3H3,(H,23,25). The van der Waals surface area contributed by atoms with Gasteiger partial charge in [0.05, 0.1) is 12.0 Å². The number of rotatable bonds is 7. The third kappa shape index (κ3) is 5.02. The van der Waals surface area contributed by atoms with E-state index < -0.39 is 11.6 Å². The van der Waals surface area contributed by atoms with E-state index in [-0.39, 0.29) is 30.3 Å². The van der Waals surface area contributed by atoms with Crippen molar-refractivity contribution in [2.45, 2.75) is 40.2 Å². The number of esters is 1. The number of ether oxygens (including phenoxy) is 1. The van der Waals surface area contributed by atoms with E-state index in [1.54, 1.807) is 25.1 Å². The molecular formula is C22H21NO7. The highest BCUT2D eigenvalue weighted by Crippen LogP contribution is 2.22. The molecular weight excluding hydrogens is 390 g/mol. The lowest BCUT2D eigenvalue weighted by atomic mass is 10.1. The van der Waals surface area contributed by atoms with Gasteiger partial charge in [0.25, 0.3) is 0 Å². The van der Waals surface area contributed by atoms with Crippen LogP contribution in [-0.2, 0) is 27.4 Å². The van der Waals surface area contributed by atoms with Gasteiger partial charge in [0, 0.05) is 42.1 Å². The Morgan fingerprint density at radius 3 is 2.50 bits per heavy atom. The van der Waals surface area contributed by atoms with Crippen LogP contribution in [0.2, 0.25) is 0 Å². The van der Waals surface area contributed by atoms with Crippen molar-refractivity contribution in [3.05, 3.63) is 63.4 Å². The number of Topliss-reactive ketones (excluding diaryl/α,β-unsaturated/α-hetero) is 1. The number of carbonyl (C=O) groups excluding carboxylic acids is 3. The molecule has 0 saturated carbocycles. The Morgan fingerprint density at radius 1 is 1.07 bits per heavy atom. The number of fused-ring (bicyclic) bond motifs is 1. The van der Waals surface area contributed by atoms with Gasteiger partial charge in [-0.3, -0.25) is 14.4 Å². The van der Waals surface area contributed by atoms with E-state index >= 15 is 0 Å². The maximum absolute atomic E-state index is 12.1. The van der Waals surface area contributed by atoms with Gasteiger partial charge in [-0.25, -0.2) is 4.79 Å². The lowest BCUT2D eigenvalue weighted by Gasteiger charge is -2.08. The van der Waals surface area contributed by atoms with Crippen LogP contribution >= 0.6 is 0 Å². The summed E-state index contributed by atoms with van der Waals surface area (Å²) in [5.74, 6) is 0.244. The Bertz CT molecular complexity index is 1190. The highest BCUT2D eigenvalue weighted by molar-refractivity contribution is 5.95. The van der Waals surface area contributed by atoms with Crippen molar-refractivity contribution in [3.8, 4) is 0 Å². The Balaban J connectivity index is 1.66. The van der Waals surface area contributed by atoms with Crippen LogP contribution in [0, 0.1) is 6.92 Å². The van der Waals surface area contributed by atoms with Crippen molar-refractivity contribution in [1.82, 2.24) is 0 Å². The average molecular weight is 411 g/mol. The predicted molar refractivity (Wildman–Crippen MR) is 108 cm³/mol. The summed E-state index contributed by atoms with van der Waals surface area (Å²) in [4.78, 5) is 46.7. The predicted octanol–water partition coefficient (Wildman–Crippen LogP) is 3.53. The van der Waals surface area contributed by atoms with Gasteiger partial charge in [-0.15, -0.1) is 0 Å². The van der Waals surface area contributed by atoms with Gasteiger partial charge in [-0.2, -0.15) is 0 Å². The first-order chi connectivity index (χ1) is 14.2. The zero-order valence-corrected chi connectivity index (χ0v) is 16.9. The van der Waals surface area contributed by atoms with Gasteiger partial charge in [-0.05, 0) is 32.0 Å². The summed E-state index contributed by atoms with van der Waals surface area (Å²) < 4.78 is 16.0. The van der Waals surface area contributed by atoms with Crippen LogP contribution in [-0.4, -0.2) is 17.7 Å². The number of carbonyl (C=O) groups is 3. The second kappa shape index (κ2) is 8.77. The molecule has 8 nitrogen and oxygen atoms in total. The molecule has 156 valence electrons. The van der Waals surface area contributed by atoms with Crippen LogP contribution in [0.3, 0.4) is 0 Å². The zero-order valence-electron chi connectivity index (χ0n) is 16.9. The Labute approximate surface area is 171 Å². The molecule has 30 heavy (non-hydrogen) atoms. The minimum atomic E-state index is -0.587. The summed E-state index contributed by atoms with van der Waals surface area (Å²) in [5, 5.41) is 3.22. The summed E-state index contributed by atoms with van der Waals surface area (Å²) in [6, 6.07) is 7.79. The molecule has 3 aromatic rings. The molecule has 0 aliphatic heterocycles. The number of aryl methyl sites for hydroxylation is 2. The summed E-state index contributed by atoms with van der Waals surface area (Å²) in [6.45, 7) is 4.43. The summed E-state index contributed by atoms with van der Waals surface area (Å²) in [7, 11) is 0. The average Bonchev–Trinajstić information content (AvgIpc) is 3.04. The number of benzene rings is 1. The van der Waals surface area contributed by atoms with Crippen LogP contribution in [0.15, 0.2) is 44.0 Å². The number of nitrogens with one attached hydrogen (secondary N) is 1. The van der Waals surface area contributed by atoms with E-state index in [0.29, 0.717) is 40.1 Å². The number of hydrogen-bond donors (Lipinski definition) is 1. The molecule has 8 heteroatoms. The lowest BCUT2D eigenvalue weighted by molar-refractivity contribution is -0.145. The first-order valence-corrected chi connectivity index (χ1v) is 9.33. The Hall–Kier alpha value is -3.68. The molecule has 2 heterocycles. The monoisotopic (exact) mass is 411 g/mol. The zero-order chi connectivity index (χ0) is 21.8. The number of hydrogen-bond acceptors (Lipinski definition) is 7. The summed E-state index contributed by atoms with van der Waals surface area (Å²) in [6.07, 6.45) is 0.362. The molecule has 0 radical (unpaired) electrons. The van der Waals surface area contributed by atoms with E-state index in [4.69, 9.17) is 13.6 Å². The molecule has 0 spiro atoms. The molecule has 3 rings (SSSR count). The van der Waals surface area contributed by atoms with Gasteiger partial charge in [0.2, 0.25) is 5.91 Å². The van der Waals surface area contributed by atoms with E-state index in [0.717, 1.165) is 0 Å². The third-order valence-electron chi connectivity index (χ3n) is 4.46. The fourth-order valence-corrected chi connectivity index (χ4v) is 3.10. The normalized spacial score (nSPS) is 10.8. The first kappa shape index (κ1) is 21.0. The summed E-state index contributed by atoms with van der Waals surface area (Å²) >= 11 is 0. The molecule has 2 aromatic heterocycles. The molecule has 1 N–H and O–H groups in total. The van der Waals surface area contributed by atoms with Crippen LogP contribution < -0.4 is 10.9 Å². The van der Waals surface area contributed by atoms with Crippen molar-refractivity contribution >= 4 is 34.3 Å². The van der Waals surface area contributed by atoms with Crippen LogP contribution in [0.1, 0.15) is 47.7 Å². The molecule has 0 unspecified atom stereocenters. The largest absolute Gasteiger partial charge is 0.466 e. The van der Waals surface area contributed by atoms with E-state index in [9.17, 15) is 19.2 Å². The van der Waals surface area contributed by atoms with Crippen molar-refractivity contribution in [2.24, 2.45) is 0 Å². The lowest BCUT2D eigenvalue weighted by Crippen LogP contribution is -2.09. The number of ketones is 1. The third-order valence-corrected chi connectivity index (χ3v) is 4.46. The number of amides is 1. The molecule has 1 aromatic carbocycles. The highest BCUT2D eigenvalue weighted by atomic mass is 16.5. The fourth-order valence-electron chi connectivity index (χ4n) is 3.10. The smallest absolute Gasteiger partial charge is 0.336 e. The quantitative estimate of drug-likeness (QED) is 0.359. The molecule has 0 saturated heterocycles. The topological polar surface area (TPSA) is 116 Å².